The molecule has 0 aromatic heterocycles. The van der Waals surface area contributed by atoms with Crippen molar-refractivity contribution in [2.45, 2.75) is 121 Å². The summed E-state index contributed by atoms with van der Waals surface area (Å²) in [6.07, 6.45) is 20.5. The molecule has 0 amide bonds. The van der Waals surface area contributed by atoms with Crippen molar-refractivity contribution in [2.75, 3.05) is 13.2 Å². The third-order valence-corrected chi connectivity index (χ3v) is 8.60. The molecule has 0 radical (unpaired) electrons. The molecule has 0 aromatic rings. The number of carboxylic acids is 1. The molecule has 222 valence electrons. The first kappa shape index (κ1) is 32.6. The summed E-state index contributed by atoms with van der Waals surface area (Å²) < 4.78 is 24.8. The quantitative estimate of drug-likeness (QED) is 0.119. The van der Waals surface area contributed by atoms with E-state index < -0.39 is 5.97 Å². The Bertz CT molecular complexity index is 799. The molecule has 0 aromatic carbocycles. The van der Waals surface area contributed by atoms with E-state index in [1.807, 2.05) is 13.0 Å². The van der Waals surface area contributed by atoms with Gasteiger partial charge < -0.3 is 24.1 Å². The predicted molar refractivity (Wildman–Crippen MR) is 156 cm³/mol. The minimum atomic E-state index is -0.753. The van der Waals surface area contributed by atoms with Crippen molar-refractivity contribution < 1.29 is 28.8 Å². The third kappa shape index (κ3) is 11.9. The lowest BCUT2D eigenvalue weighted by atomic mass is 9.89. The Labute approximate surface area is 245 Å². The lowest BCUT2D eigenvalue weighted by molar-refractivity contribution is -0.193. The second kappa shape index (κ2) is 17.8. The minimum Gasteiger partial charge on any atom is -0.481 e. The van der Waals surface area contributed by atoms with Crippen molar-refractivity contribution in [3.05, 3.63) is 35.4 Å². The highest BCUT2D eigenvalue weighted by Crippen LogP contribution is 2.42. The number of aliphatic carboxylic acids is 1. The maximum absolute atomic E-state index is 10.8. The molecule has 6 nitrogen and oxygen atoms in total. The van der Waals surface area contributed by atoms with E-state index in [0.29, 0.717) is 6.42 Å². The van der Waals surface area contributed by atoms with Crippen molar-refractivity contribution in [3.8, 4) is 0 Å². The first-order chi connectivity index (χ1) is 18.8. The molecule has 39 heavy (non-hydrogen) atoms. The number of allylic oxidation sites excluding steroid dienone is 4. The van der Waals surface area contributed by atoms with Gasteiger partial charge in [-0.1, -0.05) is 48.9 Å². The zero-order valence-electron chi connectivity index (χ0n) is 23.6. The maximum Gasteiger partial charge on any atom is 0.303 e. The van der Waals surface area contributed by atoms with Crippen LogP contribution in [-0.2, 0) is 23.7 Å². The van der Waals surface area contributed by atoms with Crippen LogP contribution in [0.3, 0.4) is 0 Å². The van der Waals surface area contributed by atoms with Crippen LogP contribution in [0.1, 0.15) is 90.9 Å². The largest absolute Gasteiger partial charge is 0.481 e. The molecule has 3 rings (SSSR count). The van der Waals surface area contributed by atoms with Crippen LogP contribution >= 0.6 is 23.2 Å². The molecule has 3 fully saturated rings. The van der Waals surface area contributed by atoms with E-state index in [2.05, 4.69) is 31.2 Å². The van der Waals surface area contributed by atoms with Gasteiger partial charge in [-0.05, 0) is 89.4 Å². The van der Waals surface area contributed by atoms with Gasteiger partial charge in [-0.15, -0.1) is 11.6 Å². The highest BCUT2D eigenvalue weighted by Gasteiger charge is 2.42. The van der Waals surface area contributed by atoms with Gasteiger partial charge in [0.2, 0.25) is 0 Å². The van der Waals surface area contributed by atoms with E-state index >= 15 is 0 Å². The van der Waals surface area contributed by atoms with Crippen molar-refractivity contribution in [1.82, 2.24) is 0 Å². The molecule has 2 saturated heterocycles. The summed E-state index contributed by atoms with van der Waals surface area (Å²) in [4.78, 5) is 10.8. The molecule has 2 aliphatic heterocycles. The summed E-state index contributed by atoms with van der Waals surface area (Å²) in [6, 6.07) is 0. The van der Waals surface area contributed by atoms with Crippen LogP contribution in [0.4, 0.5) is 0 Å². The summed E-state index contributed by atoms with van der Waals surface area (Å²) in [5, 5.41) is 9.65. The van der Waals surface area contributed by atoms with E-state index in [0.717, 1.165) is 82.5 Å². The summed E-state index contributed by atoms with van der Waals surface area (Å²) >= 11 is 13.1. The summed E-state index contributed by atoms with van der Waals surface area (Å²) in [5.74, 6) is -0.199. The smallest absolute Gasteiger partial charge is 0.303 e. The molecular formula is C31H48Cl2O6. The normalized spacial score (nSPS) is 32.2. The van der Waals surface area contributed by atoms with Gasteiger partial charge in [0.05, 0.1) is 12.2 Å². The van der Waals surface area contributed by atoms with Crippen molar-refractivity contribution in [1.29, 1.82) is 0 Å². The standard InChI is InChI=1S/C31H48Cl2O6/c1-22(15-16-23(2)32)27(38-30-13-7-9-19-36-30)18-17-25-24(11-5-3-4-6-12-29(34)35)26(33)21-28(25)39-31-14-8-10-20-37-31/h3,5,16-18,22,24-28,30-31H,4,6-15,19-21H2,1-2H3,(H,34,35)/t22?,24-,25-,26-,27-,28-,30?,31?/m1/s1. The topological polar surface area (TPSA) is 74.2 Å². The van der Waals surface area contributed by atoms with Gasteiger partial charge in [-0.3, -0.25) is 4.79 Å². The number of hydrogen-bond donors (Lipinski definition) is 1. The van der Waals surface area contributed by atoms with Crippen LogP contribution in [0.15, 0.2) is 35.4 Å². The van der Waals surface area contributed by atoms with Gasteiger partial charge in [-0.25, -0.2) is 0 Å². The Balaban J connectivity index is 1.73. The summed E-state index contributed by atoms with van der Waals surface area (Å²) in [7, 11) is 0. The number of rotatable bonds is 15. The van der Waals surface area contributed by atoms with Gasteiger partial charge >= 0.3 is 5.97 Å². The SMILES string of the molecule is CC(Cl)=CCC(C)[C@@H](C=C[C@@H]1[C@@H](CC=CCCCC(=O)O)[C@H](Cl)C[C@H]1OC1CCCCO1)OC1CCCCO1. The summed E-state index contributed by atoms with van der Waals surface area (Å²) in [5.41, 5.74) is 0. The van der Waals surface area contributed by atoms with Crippen molar-refractivity contribution in [2.24, 2.45) is 17.8 Å². The number of carbonyl (C=O) groups is 1. The van der Waals surface area contributed by atoms with E-state index in [9.17, 15) is 4.79 Å². The highest BCUT2D eigenvalue weighted by molar-refractivity contribution is 6.29. The fraction of sp³-hybridized carbons (Fsp3) is 0.774. The molecule has 2 heterocycles. The second-order valence-electron chi connectivity index (χ2n) is 11.2. The Morgan fingerprint density at radius 1 is 1.10 bits per heavy atom. The monoisotopic (exact) mass is 586 g/mol. The molecular weight excluding hydrogens is 539 g/mol. The molecule has 1 N–H and O–H groups in total. The average molecular weight is 588 g/mol. The van der Waals surface area contributed by atoms with Crippen LogP contribution in [0.25, 0.3) is 0 Å². The second-order valence-corrected chi connectivity index (χ2v) is 12.4. The van der Waals surface area contributed by atoms with Crippen molar-refractivity contribution >= 4 is 29.2 Å². The molecule has 1 aliphatic carbocycles. The van der Waals surface area contributed by atoms with E-state index in [4.69, 9.17) is 47.3 Å². The van der Waals surface area contributed by atoms with Crippen LogP contribution in [0.5, 0.6) is 0 Å². The van der Waals surface area contributed by atoms with Gasteiger partial charge in [0, 0.05) is 36.0 Å². The first-order valence-electron chi connectivity index (χ1n) is 14.9. The fourth-order valence-electron chi connectivity index (χ4n) is 5.63. The van der Waals surface area contributed by atoms with E-state index in [-0.39, 0.29) is 54.3 Å². The number of halogens is 2. The zero-order chi connectivity index (χ0) is 28.0. The van der Waals surface area contributed by atoms with Crippen LogP contribution < -0.4 is 0 Å². The lowest BCUT2D eigenvalue weighted by Gasteiger charge is -2.31. The minimum absolute atomic E-state index is 0.0165. The molecule has 3 aliphatic rings. The number of ether oxygens (including phenoxy) is 4. The number of carboxylic acid groups (broad SMARTS) is 1. The number of unbranched alkanes of at least 4 members (excludes halogenated alkanes) is 1. The van der Waals surface area contributed by atoms with E-state index in [1.54, 1.807) is 0 Å². The Morgan fingerprint density at radius 2 is 1.82 bits per heavy atom. The predicted octanol–water partition coefficient (Wildman–Crippen LogP) is 7.98. The average Bonchev–Trinajstić information content (AvgIpc) is 3.21. The fourth-order valence-corrected chi connectivity index (χ4v) is 6.16. The first-order valence-corrected chi connectivity index (χ1v) is 15.7. The Morgan fingerprint density at radius 3 is 2.46 bits per heavy atom. The van der Waals surface area contributed by atoms with Crippen molar-refractivity contribution in [3.63, 3.8) is 0 Å². The molecule has 0 bridgehead atoms. The zero-order valence-corrected chi connectivity index (χ0v) is 25.2. The van der Waals surface area contributed by atoms with Gasteiger partial charge in [0.25, 0.3) is 0 Å². The van der Waals surface area contributed by atoms with Crippen LogP contribution in [-0.4, -0.2) is 54.5 Å². The van der Waals surface area contributed by atoms with Crippen LogP contribution in [0, 0.1) is 17.8 Å². The van der Waals surface area contributed by atoms with Gasteiger partial charge in [0.15, 0.2) is 12.6 Å². The highest BCUT2D eigenvalue weighted by atomic mass is 35.5. The van der Waals surface area contributed by atoms with Gasteiger partial charge in [-0.2, -0.15) is 0 Å². The lowest BCUT2D eigenvalue weighted by Crippen LogP contribution is -2.32. The number of alkyl halides is 1. The maximum atomic E-state index is 10.8. The molecule has 0 spiro atoms. The Hall–Kier alpha value is -0.890. The molecule has 8 heteroatoms. The number of hydrogen-bond acceptors (Lipinski definition) is 5. The summed E-state index contributed by atoms with van der Waals surface area (Å²) in [6.45, 7) is 5.57. The van der Waals surface area contributed by atoms with Crippen LogP contribution in [0.2, 0.25) is 0 Å². The van der Waals surface area contributed by atoms with Gasteiger partial charge in [0.1, 0.15) is 0 Å². The molecule has 3 unspecified atom stereocenters. The third-order valence-electron chi connectivity index (χ3n) is 7.95. The molecule has 8 atom stereocenters. The Kier molecular flexibility index (Phi) is 14.9. The van der Waals surface area contributed by atoms with E-state index in [1.165, 1.54) is 0 Å². The molecule has 1 saturated carbocycles.